The van der Waals surface area contributed by atoms with E-state index in [1.807, 2.05) is 0 Å². The summed E-state index contributed by atoms with van der Waals surface area (Å²) in [5.41, 5.74) is 0.812. The third-order valence-corrected chi connectivity index (χ3v) is 5.31. The van der Waals surface area contributed by atoms with Crippen LogP contribution in [0.5, 0.6) is 0 Å². The molecular formula is C20H17FN2O5S2. The second-order valence-corrected chi connectivity index (χ2v) is 8.89. The predicted octanol–water partition coefficient (Wildman–Crippen LogP) is 3.80. The molecule has 1 atom stereocenters. The van der Waals surface area contributed by atoms with Gasteiger partial charge < -0.3 is 10.1 Å². The number of carbonyl (C=O) groups excluding carboxylic acids is 2. The minimum atomic E-state index is -3.61. The number of thiophene rings is 1. The lowest BCUT2D eigenvalue weighted by Crippen LogP contribution is -2.26. The van der Waals surface area contributed by atoms with E-state index in [0.717, 1.165) is 17.6 Å². The molecule has 0 saturated carbocycles. The van der Waals surface area contributed by atoms with Crippen molar-refractivity contribution in [1.29, 1.82) is 0 Å². The van der Waals surface area contributed by atoms with Gasteiger partial charge in [0.2, 0.25) is 16.1 Å². The Morgan fingerprint density at radius 1 is 1.03 bits per heavy atom. The maximum atomic E-state index is 13.1. The zero-order valence-corrected chi connectivity index (χ0v) is 17.3. The monoisotopic (exact) mass is 448 g/mol. The second-order valence-electron chi connectivity index (χ2n) is 6.23. The van der Waals surface area contributed by atoms with Crippen LogP contribution in [-0.2, 0) is 19.6 Å². The van der Waals surface area contributed by atoms with E-state index in [0.29, 0.717) is 11.3 Å². The molecule has 7 nitrogen and oxygen atoms in total. The molecule has 30 heavy (non-hydrogen) atoms. The summed E-state index contributed by atoms with van der Waals surface area (Å²) in [6.45, 7) is 0. The van der Waals surface area contributed by atoms with E-state index in [-0.39, 0.29) is 10.6 Å². The van der Waals surface area contributed by atoms with Gasteiger partial charge in [0.15, 0.2) is 0 Å². The van der Waals surface area contributed by atoms with E-state index in [1.54, 1.807) is 30.3 Å². The van der Waals surface area contributed by atoms with Gasteiger partial charge in [-0.15, -0.1) is 11.3 Å². The maximum Gasteiger partial charge on any atom is 0.351 e. The Bertz CT molecular complexity index is 1150. The van der Waals surface area contributed by atoms with Crippen molar-refractivity contribution in [3.63, 3.8) is 0 Å². The van der Waals surface area contributed by atoms with E-state index < -0.39 is 33.8 Å². The fraction of sp³-hybridized carbons (Fsp3) is 0.100. The average Bonchev–Trinajstić information content (AvgIpc) is 3.14. The third kappa shape index (κ3) is 5.65. The summed E-state index contributed by atoms with van der Waals surface area (Å²) in [6, 6.07) is 14.9. The van der Waals surface area contributed by atoms with E-state index in [4.69, 9.17) is 4.74 Å². The number of nitrogens with one attached hydrogen (secondary N) is 2. The summed E-state index contributed by atoms with van der Waals surface area (Å²) in [6.07, 6.45) is -0.347. The summed E-state index contributed by atoms with van der Waals surface area (Å²) in [5.74, 6) is -1.96. The number of benzene rings is 2. The topological polar surface area (TPSA) is 102 Å². The molecule has 1 heterocycles. The number of carbonyl (C=O) groups is 2. The molecule has 0 aliphatic rings. The third-order valence-electron chi connectivity index (χ3n) is 3.82. The molecule has 0 saturated heterocycles. The van der Waals surface area contributed by atoms with E-state index >= 15 is 0 Å². The lowest BCUT2D eigenvalue weighted by molar-refractivity contribution is -0.125. The highest BCUT2D eigenvalue weighted by molar-refractivity contribution is 7.92. The van der Waals surface area contributed by atoms with Crippen molar-refractivity contribution in [2.75, 3.05) is 16.3 Å². The maximum absolute atomic E-state index is 13.1. The summed E-state index contributed by atoms with van der Waals surface area (Å²) >= 11 is 0.978. The quantitative estimate of drug-likeness (QED) is 0.536. The number of hydrogen-bond donors (Lipinski definition) is 2. The largest absolute Gasteiger partial charge is 0.443 e. The molecule has 0 bridgehead atoms. The minimum Gasteiger partial charge on any atom is -0.443 e. The van der Waals surface area contributed by atoms with E-state index in [2.05, 4.69) is 10.0 Å². The second kappa shape index (κ2) is 9.06. The Hall–Kier alpha value is -3.24. The van der Waals surface area contributed by atoms with Gasteiger partial charge in [-0.05, 0) is 35.7 Å². The van der Waals surface area contributed by atoms with Gasteiger partial charge in [-0.3, -0.25) is 9.52 Å². The number of esters is 1. The molecule has 3 aromatic rings. The average molecular weight is 448 g/mol. The predicted molar refractivity (Wildman–Crippen MR) is 112 cm³/mol. The van der Waals surface area contributed by atoms with Crippen molar-refractivity contribution in [3.8, 4) is 0 Å². The first-order valence-electron chi connectivity index (χ1n) is 8.60. The molecule has 1 aromatic heterocycles. The van der Waals surface area contributed by atoms with Crippen molar-refractivity contribution < 1.29 is 27.1 Å². The molecule has 0 aliphatic heterocycles. The summed E-state index contributed by atoms with van der Waals surface area (Å²) in [5, 5.41) is 4.11. The Morgan fingerprint density at radius 3 is 2.33 bits per heavy atom. The molecule has 2 aromatic carbocycles. The molecule has 0 aliphatic carbocycles. The van der Waals surface area contributed by atoms with Crippen molar-refractivity contribution in [2.45, 2.75) is 6.10 Å². The minimum absolute atomic E-state index is 0.0101. The van der Waals surface area contributed by atoms with Gasteiger partial charge in [-0.2, -0.15) is 0 Å². The van der Waals surface area contributed by atoms with Crippen molar-refractivity contribution in [2.24, 2.45) is 0 Å². The first-order valence-corrected chi connectivity index (χ1v) is 11.4. The number of ether oxygens (including phenoxy) is 1. The number of sulfonamides is 1. The van der Waals surface area contributed by atoms with Gasteiger partial charge in [0.25, 0.3) is 5.91 Å². The number of anilines is 2. The number of hydrogen-bond acceptors (Lipinski definition) is 6. The zero-order chi connectivity index (χ0) is 21.7. The normalized spacial score (nSPS) is 12.1. The molecule has 3 rings (SSSR count). The molecule has 0 spiro atoms. The fourth-order valence-corrected chi connectivity index (χ4v) is 3.91. The van der Waals surface area contributed by atoms with E-state index in [9.17, 15) is 22.4 Å². The first kappa shape index (κ1) is 21.5. The Labute approximate surface area is 176 Å². The summed E-state index contributed by atoms with van der Waals surface area (Å²) in [7, 11) is -3.61. The Balaban J connectivity index is 1.85. The van der Waals surface area contributed by atoms with Crippen LogP contribution in [0.15, 0.2) is 66.0 Å². The van der Waals surface area contributed by atoms with Crippen LogP contribution < -0.4 is 10.0 Å². The molecule has 0 radical (unpaired) electrons. The smallest absolute Gasteiger partial charge is 0.351 e. The van der Waals surface area contributed by atoms with Gasteiger partial charge in [0, 0.05) is 11.3 Å². The number of rotatable bonds is 7. The highest BCUT2D eigenvalue weighted by Gasteiger charge is 2.28. The van der Waals surface area contributed by atoms with Gasteiger partial charge in [0.1, 0.15) is 10.7 Å². The van der Waals surface area contributed by atoms with Crippen LogP contribution in [0.4, 0.5) is 15.8 Å². The van der Waals surface area contributed by atoms with Gasteiger partial charge in [0.05, 0.1) is 11.9 Å². The van der Waals surface area contributed by atoms with Crippen LogP contribution in [0.2, 0.25) is 0 Å². The van der Waals surface area contributed by atoms with Gasteiger partial charge >= 0.3 is 5.97 Å². The van der Waals surface area contributed by atoms with Gasteiger partial charge in [-0.25, -0.2) is 17.6 Å². The number of halogens is 1. The molecular weight excluding hydrogens is 431 g/mol. The van der Waals surface area contributed by atoms with E-state index in [1.165, 1.54) is 35.7 Å². The highest BCUT2D eigenvalue weighted by atomic mass is 32.2. The Morgan fingerprint density at radius 2 is 1.70 bits per heavy atom. The van der Waals surface area contributed by atoms with Crippen LogP contribution in [0.25, 0.3) is 0 Å². The summed E-state index contributed by atoms with van der Waals surface area (Å²) < 4.78 is 43.8. The molecule has 1 amide bonds. The van der Waals surface area contributed by atoms with Crippen LogP contribution in [-0.4, -0.2) is 26.6 Å². The van der Waals surface area contributed by atoms with Crippen LogP contribution in [0.1, 0.15) is 21.3 Å². The molecule has 156 valence electrons. The molecule has 2 N–H and O–H groups in total. The lowest BCUT2D eigenvalue weighted by Gasteiger charge is -2.18. The lowest BCUT2D eigenvalue weighted by atomic mass is 10.1. The van der Waals surface area contributed by atoms with Crippen LogP contribution in [0, 0.1) is 5.82 Å². The van der Waals surface area contributed by atoms with Crippen LogP contribution in [0.3, 0.4) is 0 Å². The Kier molecular flexibility index (Phi) is 6.48. The van der Waals surface area contributed by atoms with Crippen molar-refractivity contribution >= 4 is 44.6 Å². The van der Waals surface area contributed by atoms with Gasteiger partial charge in [-0.1, -0.05) is 30.3 Å². The molecule has 10 heteroatoms. The van der Waals surface area contributed by atoms with Crippen molar-refractivity contribution in [3.05, 3.63) is 82.3 Å². The molecule has 0 fully saturated rings. The fourth-order valence-electron chi connectivity index (χ4n) is 2.55. The first-order chi connectivity index (χ1) is 14.2. The standard InChI is InChI=1S/C20H17FN2O5S2/c1-30(26,27)23-16-11-12-29-18(16)20(25)28-17(13-5-3-2-4-6-13)19(24)22-15-9-7-14(21)8-10-15/h2-12,17,23H,1H3,(H,22,24)/t17-/m0/s1. The molecule has 0 unspecified atom stereocenters. The van der Waals surface area contributed by atoms with Crippen molar-refractivity contribution in [1.82, 2.24) is 0 Å². The summed E-state index contributed by atoms with van der Waals surface area (Å²) in [4.78, 5) is 25.6. The highest BCUT2D eigenvalue weighted by Crippen LogP contribution is 2.28. The SMILES string of the molecule is CS(=O)(=O)Nc1ccsc1C(=O)O[C@H](C(=O)Nc1ccc(F)cc1)c1ccccc1. The zero-order valence-electron chi connectivity index (χ0n) is 15.7. The van der Waals surface area contributed by atoms with Crippen LogP contribution >= 0.6 is 11.3 Å². The number of amides is 1.